The molecule has 2 aromatic carbocycles. The molecule has 2 atom stereocenters. The number of unbranched alkanes of at least 4 members (excludes halogenated alkanes) is 1. The van der Waals surface area contributed by atoms with Crippen molar-refractivity contribution in [2.45, 2.75) is 56.5 Å². The molecular formula is C31H40BrN5O5S. The molecule has 12 heteroatoms. The fraction of sp³-hybridized carbons (Fsp3) is 0.387. The molecular weight excluding hydrogens is 634 g/mol. The highest BCUT2D eigenvalue weighted by atomic mass is 79.9. The van der Waals surface area contributed by atoms with Crippen LogP contribution in [0.4, 0.5) is 5.69 Å². The second-order valence-corrected chi connectivity index (χ2v) is 13.5. The molecule has 0 bridgehead atoms. The number of aliphatic hydroxyl groups excluding tert-OH is 1. The number of rotatable bonds is 16. The van der Waals surface area contributed by atoms with Crippen molar-refractivity contribution < 1.29 is 23.1 Å². The van der Waals surface area contributed by atoms with Gasteiger partial charge in [-0.2, -0.15) is 4.31 Å². The maximum absolute atomic E-state index is 13.5. The van der Waals surface area contributed by atoms with E-state index in [2.05, 4.69) is 31.5 Å². The predicted octanol–water partition coefficient (Wildman–Crippen LogP) is 3.76. The van der Waals surface area contributed by atoms with E-state index in [-0.39, 0.29) is 42.2 Å². The Morgan fingerprint density at radius 2 is 1.70 bits per heavy atom. The van der Waals surface area contributed by atoms with E-state index in [1.54, 1.807) is 24.3 Å². The van der Waals surface area contributed by atoms with Gasteiger partial charge in [-0.1, -0.05) is 54.4 Å². The standard InChI is InChI=1S/C31H40BrN5O5S/c1-22(2)20-37(43(41,42)27-12-10-25(33)11-13-27)26(21-38)8-5-6-16-35-31(40)29(19-24-7-3-4-9-28(24)32)36-30(39)23-14-17-34-18-15-23/h3-4,7,9-15,17-18,22,26,29,38H,5-6,8,16,19-21,33H2,1-2H3,(H,35,40)(H,36,39)/t26-,29+/m0/s1. The van der Waals surface area contributed by atoms with Gasteiger partial charge in [0.15, 0.2) is 0 Å². The number of hydrogen-bond acceptors (Lipinski definition) is 7. The first-order valence-corrected chi connectivity index (χ1v) is 16.5. The molecule has 0 radical (unpaired) electrons. The number of carbonyl (C=O) groups excluding carboxylic acids is 2. The van der Waals surface area contributed by atoms with Gasteiger partial charge in [-0.25, -0.2) is 8.42 Å². The van der Waals surface area contributed by atoms with Gasteiger partial charge in [0.05, 0.1) is 11.5 Å². The Morgan fingerprint density at radius 3 is 2.33 bits per heavy atom. The van der Waals surface area contributed by atoms with Crippen LogP contribution in [-0.2, 0) is 21.2 Å². The maximum atomic E-state index is 13.5. The van der Waals surface area contributed by atoms with Gasteiger partial charge in [0.25, 0.3) is 5.91 Å². The van der Waals surface area contributed by atoms with Gasteiger partial charge in [-0.05, 0) is 66.8 Å². The van der Waals surface area contributed by atoms with Gasteiger partial charge in [0.2, 0.25) is 15.9 Å². The van der Waals surface area contributed by atoms with Crippen LogP contribution < -0.4 is 16.4 Å². The zero-order valence-corrected chi connectivity index (χ0v) is 26.9. The lowest BCUT2D eigenvalue weighted by Crippen LogP contribution is -2.48. The van der Waals surface area contributed by atoms with Crippen LogP contribution in [0.2, 0.25) is 0 Å². The Morgan fingerprint density at radius 1 is 1.02 bits per heavy atom. The van der Waals surface area contributed by atoms with Crippen molar-refractivity contribution in [3.8, 4) is 0 Å². The summed E-state index contributed by atoms with van der Waals surface area (Å²) in [5.41, 5.74) is 7.47. The van der Waals surface area contributed by atoms with E-state index in [0.717, 1.165) is 10.0 Å². The highest BCUT2D eigenvalue weighted by Gasteiger charge is 2.31. The topological polar surface area (TPSA) is 155 Å². The number of aliphatic hydroxyl groups is 1. The van der Waals surface area contributed by atoms with Crippen molar-refractivity contribution in [3.05, 3.63) is 88.7 Å². The molecule has 0 aliphatic heterocycles. The van der Waals surface area contributed by atoms with Crippen molar-refractivity contribution in [3.63, 3.8) is 0 Å². The van der Waals surface area contributed by atoms with E-state index in [1.165, 1.54) is 28.8 Å². The Balaban J connectivity index is 1.62. The molecule has 1 aromatic heterocycles. The molecule has 0 spiro atoms. The molecule has 0 saturated carbocycles. The number of benzene rings is 2. The minimum absolute atomic E-state index is 0.0424. The number of amides is 2. The molecule has 0 aliphatic rings. The van der Waals surface area contributed by atoms with Crippen molar-refractivity contribution in [1.82, 2.24) is 19.9 Å². The minimum Gasteiger partial charge on any atom is -0.399 e. The van der Waals surface area contributed by atoms with Crippen LogP contribution in [0, 0.1) is 5.92 Å². The Bertz CT molecular complexity index is 1440. The number of hydrogen-bond donors (Lipinski definition) is 4. The molecule has 2 amide bonds. The third-order valence-electron chi connectivity index (χ3n) is 6.86. The number of nitrogens with two attached hydrogens (primary N) is 1. The number of pyridine rings is 1. The largest absolute Gasteiger partial charge is 0.399 e. The second-order valence-electron chi connectivity index (χ2n) is 10.7. The van der Waals surface area contributed by atoms with Crippen LogP contribution in [0.1, 0.15) is 49.0 Å². The number of halogens is 1. The Labute approximate surface area is 262 Å². The third kappa shape index (κ3) is 10.1. The molecule has 43 heavy (non-hydrogen) atoms. The monoisotopic (exact) mass is 673 g/mol. The maximum Gasteiger partial charge on any atom is 0.252 e. The number of aromatic nitrogens is 1. The molecule has 0 fully saturated rings. The summed E-state index contributed by atoms with van der Waals surface area (Å²) < 4.78 is 29.1. The number of nitrogens with one attached hydrogen (secondary N) is 2. The zero-order valence-electron chi connectivity index (χ0n) is 24.4. The fourth-order valence-corrected chi connectivity index (χ4v) is 6.84. The van der Waals surface area contributed by atoms with E-state index < -0.39 is 22.1 Å². The van der Waals surface area contributed by atoms with Crippen molar-refractivity contribution in [1.29, 1.82) is 0 Å². The van der Waals surface area contributed by atoms with Crippen LogP contribution in [-0.4, -0.2) is 66.4 Å². The molecule has 1 heterocycles. The van der Waals surface area contributed by atoms with Crippen LogP contribution in [0.25, 0.3) is 0 Å². The zero-order chi connectivity index (χ0) is 31.4. The molecule has 5 N–H and O–H groups in total. The summed E-state index contributed by atoms with van der Waals surface area (Å²) in [6.07, 6.45) is 4.84. The van der Waals surface area contributed by atoms with E-state index in [0.29, 0.717) is 37.1 Å². The lowest BCUT2D eigenvalue weighted by atomic mass is 10.0. The van der Waals surface area contributed by atoms with E-state index in [1.807, 2.05) is 38.1 Å². The van der Waals surface area contributed by atoms with E-state index >= 15 is 0 Å². The first kappa shape index (κ1) is 34.2. The normalized spacial score (nSPS) is 13.1. The number of nitrogen functional groups attached to an aromatic ring is 1. The number of nitrogens with zero attached hydrogens (tertiary/aromatic N) is 2. The van der Waals surface area contributed by atoms with Crippen molar-refractivity contribution >= 4 is 43.5 Å². The van der Waals surface area contributed by atoms with Gasteiger partial charge in [-0.3, -0.25) is 14.6 Å². The average molecular weight is 675 g/mol. The van der Waals surface area contributed by atoms with Gasteiger partial charge < -0.3 is 21.5 Å². The highest BCUT2D eigenvalue weighted by Crippen LogP contribution is 2.23. The van der Waals surface area contributed by atoms with Crippen molar-refractivity contribution in [2.24, 2.45) is 5.92 Å². The summed E-state index contributed by atoms with van der Waals surface area (Å²) in [6.45, 7) is 4.09. The summed E-state index contributed by atoms with van der Waals surface area (Å²) in [5.74, 6) is -0.669. The number of sulfonamides is 1. The molecule has 0 saturated heterocycles. The highest BCUT2D eigenvalue weighted by molar-refractivity contribution is 9.10. The fourth-order valence-electron chi connectivity index (χ4n) is 4.58. The first-order chi connectivity index (χ1) is 20.5. The quantitative estimate of drug-likeness (QED) is 0.133. The summed E-state index contributed by atoms with van der Waals surface area (Å²) in [5, 5.41) is 15.9. The van der Waals surface area contributed by atoms with E-state index in [9.17, 15) is 23.1 Å². The Hall–Kier alpha value is -3.32. The third-order valence-corrected chi connectivity index (χ3v) is 9.57. The van der Waals surface area contributed by atoms with Gasteiger partial charge in [-0.15, -0.1) is 0 Å². The molecule has 10 nitrogen and oxygen atoms in total. The smallest absolute Gasteiger partial charge is 0.252 e. The van der Waals surface area contributed by atoms with Gasteiger partial charge in [0, 0.05) is 53.7 Å². The van der Waals surface area contributed by atoms with Gasteiger partial charge in [0.1, 0.15) is 6.04 Å². The number of anilines is 1. The summed E-state index contributed by atoms with van der Waals surface area (Å²) in [7, 11) is -3.86. The molecule has 0 unspecified atom stereocenters. The SMILES string of the molecule is CC(C)CN([C@H](CO)CCCCNC(=O)[C@@H](Cc1ccccc1Br)NC(=O)c1ccncc1)S(=O)(=O)c1ccc(N)cc1. The van der Waals surface area contributed by atoms with Gasteiger partial charge >= 0.3 is 0 Å². The summed E-state index contributed by atoms with van der Waals surface area (Å²) in [6, 6.07) is 15.3. The number of carbonyl (C=O) groups is 2. The molecule has 0 aliphatic carbocycles. The lowest BCUT2D eigenvalue weighted by molar-refractivity contribution is -0.122. The van der Waals surface area contributed by atoms with Crippen LogP contribution in [0.15, 0.2) is 82.4 Å². The average Bonchev–Trinajstić information content (AvgIpc) is 2.99. The summed E-state index contributed by atoms with van der Waals surface area (Å²) >= 11 is 3.51. The van der Waals surface area contributed by atoms with Crippen LogP contribution in [0.5, 0.6) is 0 Å². The minimum atomic E-state index is -3.86. The second kappa shape index (κ2) is 16.5. The predicted molar refractivity (Wildman–Crippen MR) is 171 cm³/mol. The first-order valence-electron chi connectivity index (χ1n) is 14.2. The lowest BCUT2D eigenvalue weighted by Gasteiger charge is -2.31. The molecule has 3 rings (SSSR count). The molecule has 232 valence electrons. The Kier molecular flexibility index (Phi) is 13.1. The molecule has 3 aromatic rings. The van der Waals surface area contributed by atoms with E-state index in [4.69, 9.17) is 5.73 Å². The van der Waals surface area contributed by atoms with Crippen LogP contribution in [0.3, 0.4) is 0 Å². The summed E-state index contributed by atoms with van der Waals surface area (Å²) in [4.78, 5) is 30.1. The van der Waals surface area contributed by atoms with Crippen molar-refractivity contribution in [2.75, 3.05) is 25.4 Å². The van der Waals surface area contributed by atoms with Crippen LogP contribution >= 0.6 is 15.9 Å².